The van der Waals surface area contributed by atoms with Crippen molar-refractivity contribution in [2.45, 2.75) is 63.8 Å². The Labute approximate surface area is 248 Å². The normalized spacial score (nSPS) is 25.7. The number of amides is 1. The van der Waals surface area contributed by atoms with E-state index >= 15 is 0 Å². The Morgan fingerprint density at radius 3 is 2.20 bits per heavy atom. The van der Waals surface area contributed by atoms with Crippen molar-refractivity contribution < 1.29 is 38.1 Å². The van der Waals surface area contributed by atoms with Crippen LogP contribution in [0.25, 0.3) is 0 Å². The fraction of sp³-hybridized carbons (Fsp3) is 0.552. The van der Waals surface area contributed by atoms with E-state index in [-0.39, 0.29) is 12.5 Å². The number of aryl methyl sites for hydroxylation is 1. The highest BCUT2D eigenvalue weighted by Gasteiger charge is 2.51. The second-order valence-corrected chi connectivity index (χ2v) is 11.3. The first-order valence-corrected chi connectivity index (χ1v) is 16.2. The van der Waals surface area contributed by atoms with E-state index in [0.717, 1.165) is 11.1 Å². The Morgan fingerprint density at radius 2 is 1.68 bits per heavy atom. The summed E-state index contributed by atoms with van der Waals surface area (Å²) < 4.78 is 29.0. The lowest BCUT2D eigenvalue weighted by atomic mass is 9.95. The van der Waals surface area contributed by atoms with Crippen molar-refractivity contribution in [2.75, 3.05) is 39.6 Å². The van der Waals surface area contributed by atoms with Crippen molar-refractivity contribution in [1.82, 2.24) is 10.2 Å². The second-order valence-electron chi connectivity index (χ2n) is 9.63. The molecule has 2 aromatic rings. The number of fused-ring (bicyclic) bond motifs is 1. The molecule has 0 radical (unpaired) electrons. The molecule has 0 aromatic heterocycles. The smallest absolute Gasteiger partial charge is 0.327 e. The molecule has 228 valence electrons. The fourth-order valence-electron chi connectivity index (χ4n) is 4.71. The highest BCUT2D eigenvalue weighted by molar-refractivity contribution is 7.99. The van der Waals surface area contributed by atoms with Crippen LogP contribution in [0.3, 0.4) is 0 Å². The van der Waals surface area contributed by atoms with E-state index in [9.17, 15) is 14.6 Å². The maximum atomic E-state index is 13.1. The summed E-state index contributed by atoms with van der Waals surface area (Å²) in [6, 6.07) is 13.7. The molecule has 10 nitrogen and oxygen atoms in total. The van der Waals surface area contributed by atoms with E-state index in [1.807, 2.05) is 49.6 Å². The number of hydrogen-bond donors (Lipinski definition) is 3. The van der Waals surface area contributed by atoms with Gasteiger partial charge in [0.1, 0.15) is 29.5 Å². The van der Waals surface area contributed by atoms with Gasteiger partial charge in [-0.15, -0.1) is 11.8 Å². The molecule has 2 heterocycles. The summed E-state index contributed by atoms with van der Waals surface area (Å²) in [6.07, 6.45) is -0.883. The highest BCUT2D eigenvalue weighted by Crippen LogP contribution is 2.41. The monoisotopic (exact) mass is 610 g/mol. The largest absolute Gasteiger partial charge is 0.497 e. The number of methoxy groups -OCH3 is 1. The van der Waals surface area contributed by atoms with Gasteiger partial charge in [-0.05, 0) is 57.1 Å². The van der Waals surface area contributed by atoms with E-state index in [2.05, 4.69) is 31.0 Å². The molecule has 0 unspecified atom stereocenters. The average molecular weight is 611 g/mol. The zero-order chi connectivity index (χ0) is 29.9. The van der Waals surface area contributed by atoms with Gasteiger partial charge in [0.15, 0.2) is 6.29 Å². The van der Waals surface area contributed by atoms with Gasteiger partial charge in [-0.1, -0.05) is 50.6 Å². The zero-order valence-electron chi connectivity index (χ0n) is 24.6. The number of carbonyl (C=O) groups excluding carboxylic acids is 1. The maximum Gasteiger partial charge on any atom is 0.327 e. The van der Waals surface area contributed by atoms with Crippen LogP contribution in [-0.2, 0) is 18.7 Å². The lowest BCUT2D eigenvalue weighted by molar-refractivity contribution is -0.297. The SMILES string of the molecule is CCN(CC)CC.COc1ccc([C@H]2OC[C@H]3O[C@@H](SC)[C@H](OP(O)O)[C@@H](NC(=O)c4ccc(C)cc4)[C@H]3O2)cc1. The van der Waals surface area contributed by atoms with Gasteiger partial charge >= 0.3 is 8.60 Å². The van der Waals surface area contributed by atoms with Gasteiger partial charge in [0.05, 0.1) is 19.8 Å². The van der Waals surface area contributed by atoms with Crippen LogP contribution in [-0.4, -0.2) is 90.0 Å². The van der Waals surface area contributed by atoms with Crippen LogP contribution in [0.4, 0.5) is 0 Å². The van der Waals surface area contributed by atoms with Crippen LogP contribution in [0, 0.1) is 6.92 Å². The molecule has 4 rings (SSSR count). The van der Waals surface area contributed by atoms with E-state index in [1.54, 1.807) is 19.2 Å². The van der Waals surface area contributed by atoms with Crippen LogP contribution in [0.1, 0.15) is 48.5 Å². The zero-order valence-corrected chi connectivity index (χ0v) is 26.3. The first-order valence-electron chi connectivity index (χ1n) is 13.8. The van der Waals surface area contributed by atoms with Crippen LogP contribution in [0.15, 0.2) is 48.5 Å². The summed E-state index contributed by atoms with van der Waals surface area (Å²) in [6.45, 7) is 12.3. The minimum atomic E-state index is -2.70. The van der Waals surface area contributed by atoms with Crippen molar-refractivity contribution in [3.05, 3.63) is 65.2 Å². The lowest BCUT2D eigenvalue weighted by Gasteiger charge is -2.49. The number of thioether (sulfide) groups is 1. The quantitative estimate of drug-likeness (QED) is 0.337. The first kappa shape index (κ1) is 33.7. The molecule has 2 aliphatic heterocycles. The number of hydrogen-bond acceptors (Lipinski definition) is 10. The molecule has 41 heavy (non-hydrogen) atoms. The summed E-state index contributed by atoms with van der Waals surface area (Å²) in [5.74, 6) is 0.382. The molecule has 2 aliphatic rings. The fourth-order valence-corrected chi connectivity index (χ4v) is 6.00. The standard InChI is InChI=1S/C23H28NO8PS.C6H15N/c1-13-4-6-14(7-5-13)21(25)24-18-19-17(30-23(34-3)20(18)32-33(26)27)12-29-22(31-19)15-8-10-16(28-2)11-9-15;1-4-7(5-2)6-3/h4-11,17-20,22-23,26-27H,12H2,1-3H3,(H,24,25);4-6H2,1-3H3/t17-,18+,19+,20-,22+,23+;/m1./s1. The van der Waals surface area contributed by atoms with Crippen molar-refractivity contribution in [3.8, 4) is 5.75 Å². The Hall–Kier alpha value is -1.79. The molecular formula is C29H43N2O8PS. The summed E-state index contributed by atoms with van der Waals surface area (Å²) in [7, 11) is -1.11. The third kappa shape index (κ3) is 9.35. The maximum absolute atomic E-state index is 13.1. The Kier molecular flexibility index (Phi) is 13.8. The lowest BCUT2D eigenvalue weighted by Crippen LogP contribution is -2.66. The summed E-state index contributed by atoms with van der Waals surface area (Å²) in [4.78, 5) is 34.8. The van der Waals surface area contributed by atoms with Crippen LogP contribution in [0.2, 0.25) is 0 Å². The number of nitrogens with zero attached hydrogens (tertiary/aromatic N) is 1. The molecule has 0 spiro atoms. The molecule has 2 fully saturated rings. The van der Waals surface area contributed by atoms with E-state index in [0.29, 0.717) is 11.3 Å². The number of benzene rings is 2. The summed E-state index contributed by atoms with van der Waals surface area (Å²) in [5.41, 5.74) is 1.72. The van der Waals surface area contributed by atoms with Gasteiger partial charge in [0.2, 0.25) is 0 Å². The Morgan fingerprint density at radius 1 is 1.05 bits per heavy atom. The van der Waals surface area contributed by atoms with Crippen molar-refractivity contribution in [2.24, 2.45) is 0 Å². The topological polar surface area (TPSA) is 119 Å². The first-order chi connectivity index (χ1) is 19.7. The van der Waals surface area contributed by atoms with Gasteiger partial charge < -0.3 is 43.5 Å². The van der Waals surface area contributed by atoms with Gasteiger partial charge in [-0.3, -0.25) is 4.79 Å². The van der Waals surface area contributed by atoms with Crippen molar-refractivity contribution in [3.63, 3.8) is 0 Å². The molecule has 0 aliphatic carbocycles. The van der Waals surface area contributed by atoms with E-state index < -0.39 is 44.7 Å². The van der Waals surface area contributed by atoms with Gasteiger partial charge in [-0.2, -0.15) is 0 Å². The minimum absolute atomic E-state index is 0.231. The molecular weight excluding hydrogens is 567 g/mol. The summed E-state index contributed by atoms with van der Waals surface area (Å²) in [5, 5.41) is 2.99. The minimum Gasteiger partial charge on any atom is -0.497 e. The highest BCUT2D eigenvalue weighted by atomic mass is 32.2. The molecule has 0 bridgehead atoms. The van der Waals surface area contributed by atoms with Gasteiger partial charge in [0, 0.05) is 11.1 Å². The van der Waals surface area contributed by atoms with Crippen LogP contribution < -0.4 is 10.1 Å². The van der Waals surface area contributed by atoms with Crippen LogP contribution >= 0.6 is 20.4 Å². The van der Waals surface area contributed by atoms with Crippen molar-refractivity contribution >= 4 is 26.3 Å². The Bertz CT molecular complexity index is 1050. The molecule has 2 saturated heterocycles. The third-order valence-electron chi connectivity index (χ3n) is 7.13. The average Bonchev–Trinajstić information content (AvgIpc) is 2.99. The summed E-state index contributed by atoms with van der Waals surface area (Å²) >= 11 is 1.35. The Balaban J connectivity index is 0.000000587. The number of nitrogens with one attached hydrogen (secondary N) is 1. The molecule has 1 amide bonds. The number of carbonyl (C=O) groups is 1. The number of rotatable bonds is 10. The molecule has 3 N–H and O–H groups in total. The molecule has 2 aromatic carbocycles. The molecule has 12 heteroatoms. The van der Waals surface area contributed by atoms with Gasteiger partial charge in [-0.25, -0.2) is 0 Å². The van der Waals surface area contributed by atoms with Gasteiger partial charge in [0.25, 0.3) is 5.91 Å². The predicted molar refractivity (Wildman–Crippen MR) is 161 cm³/mol. The second kappa shape index (κ2) is 16.7. The van der Waals surface area contributed by atoms with E-state index in [4.69, 9.17) is 23.5 Å². The van der Waals surface area contributed by atoms with E-state index in [1.165, 1.54) is 31.4 Å². The molecule has 0 saturated carbocycles. The molecule has 6 atom stereocenters. The van der Waals surface area contributed by atoms with Crippen molar-refractivity contribution in [1.29, 1.82) is 0 Å². The predicted octanol–water partition coefficient (Wildman–Crippen LogP) is 4.25. The van der Waals surface area contributed by atoms with Crippen LogP contribution in [0.5, 0.6) is 5.75 Å². The third-order valence-corrected chi connectivity index (χ3v) is 8.41. The number of ether oxygens (including phenoxy) is 4.